The number of amides is 2. The number of nitrogens with zero attached hydrogens (tertiary/aromatic N) is 3. The molecule has 0 bridgehead atoms. The van der Waals surface area contributed by atoms with Crippen molar-refractivity contribution in [3.8, 4) is 0 Å². The molecule has 33 heavy (non-hydrogen) atoms. The summed E-state index contributed by atoms with van der Waals surface area (Å²) >= 11 is 1.41. The van der Waals surface area contributed by atoms with Gasteiger partial charge in [-0.3, -0.25) is 9.59 Å². The van der Waals surface area contributed by atoms with Crippen LogP contribution < -0.4 is 10.0 Å². The minimum Gasteiger partial charge on any atom is -0.338 e. The fraction of sp³-hybridized carbons (Fsp3) is 0.273. The molecular formula is C22H23N5O4S2. The number of aryl methyl sites for hydroxylation is 1. The average molecular weight is 486 g/mol. The Morgan fingerprint density at radius 1 is 1.09 bits per heavy atom. The van der Waals surface area contributed by atoms with Crippen LogP contribution in [-0.4, -0.2) is 48.2 Å². The molecule has 0 radical (unpaired) electrons. The first-order valence-corrected chi connectivity index (χ1v) is 12.7. The topological polar surface area (TPSA) is 121 Å². The molecule has 2 aromatic heterocycles. The van der Waals surface area contributed by atoms with E-state index in [9.17, 15) is 18.0 Å². The van der Waals surface area contributed by atoms with Crippen LogP contribution in [0.5, 0.6) is 0 Å². The van der Waals surface area contributed by atoms with Gasteiger partial charge in [-0.2, -0.15) is 0 Å². The number of rotatable bonds is 6. The molecule has 1 fully saturated rings. The number of aromatic nitrogens is 2. The quantitative estimate of drug-likeness (QED) is 0.553. The lowest BCUT2D eigenvalue weighted by atomic mass is 9.95. The lowest BCUT2D eigenvalue weighted by Gasteiger charge is -2.31. The van der Waals surface area contributed by atoms with Crippen molar-refractivity contribution in [2.45, 2.75) is 24.7 Å². The summed E-state index contributed by atoms with van der Waals surface area (Å²) in [6.07, 6.45) is 2.63. The maximum atomic E-state index is 12.7. The zero-order chi connectivity index (χ0) is 23.4. The molecule has 0 aliphatic carbocycles. The van der Waals surface area contributed by atoms with Crippen LogP contribution in [-0.2, 0) is 14.8 Å². The lowest BCUT2D eigenvalue weighted by Crippen LogP contribution is -2.41. The van der Waals surface area contributed by atoms with Gasteiger partial charge in [0.15, 0.2) is 0 Å². The van der Waals surface area contributed by atoms with E-state index in [0.717, 1.165) is 0 Å². The molecule has 9 nitrogen and oxygen atoms in total. The van der Waals surface area contributed by atoms with Gasteiger partial charge in [0.2, 0.25) is 11.9 Å². The van der Waals surface area contributed by atoms with Crippen LogP contribution in [0.1, 0.15) is 28.2 Å². The lowest BCUT2D eigenvalue weighted by molar-refractivity contribution is -0.121. The highest BCUT2D eigenvalue weighted by Crippen LogP contribution is 2.23. The van der Waals surface area contributed by atoms with E-state index < -0.39 is 10.0 Å². The number of sulfonamides is 1. The van der Waals surface area contributed by atoms with Gasteiger partial charge in [-0.1, -0.05) is 6.07 Å². The summed E-state index contributed by atoms with van der Waals surface area (Å²) in [6.45, 7) is 2.79. The van der Waals surface area contributed by atoms with Crippen LogP contribution in [0.4, 0.5) is 11.6 Å². The predicted molar refractivity (Wildman–Crippen MR) is 126 cm³/mol. The van der Waals surface area contributed by atoms with Gasteiger partial charge in [-0.15, -0.1) is 11.3 Å². The number of hydrogen-bond donors (Lipinski definition) is 2. The molecule has 4 rings (SSSR count). The standard InChI is InChI=1S/C22H23N5O4S2/c1-15-8-11-23-22(24-15)26-33(30,31)18-6-4-17(5-7-18)25-20(28)16-9-12-27(13-10-16)21(29)19-3-2-14-32-19/h2-8,11,14,16H,9-10,12-13H2,1H3,(H,25,28)(H,23,24,26). The van der Waals surface area contributed by atoms with E-state index in [0.29, 0.717) is 42.2 Å². The molecule has 11 heteroatoms. The molecule has 2 amide bonds. The number of nitrogens with one attached hydrogen (secondary N) is 2. The first-order chi connectivity index (χ1) is 15.8. The molecule has 0 unspecified atom stereocenters. The van der Waals surface area contributed by atoms with Gasteiger partial charge in [0.25, 0.3) is 15.9 Å². The van der Waals surface area contributed by atoms with Crippen molar-refractivity contribution in [1.29, 1.82) is 0 Å². The predicted octanol–water partition coefficient (Wildman–Crippen LogP) is 3.14. The molecule has 172 valence electrons. The molecule has 1 saturated heterocycles. The van der Waals surface area contributed by atoms with Gasteiger partial charge >= 0.3 is 0 Å². The largest absolute Gasteiger partial charge is 0.338 e. The molecule has 0 saturated carbocycles. The maximum absolute atomic E-state index is 12.7. The molecule has 0 atom stereocenters. The summed E-state index contributed by atoms with van der Waals surface area (Å²) in [4.78, 5) is 35.6. The summed E-state index contributed by atoms with van der Waals surface area (Å²) in [5.74, 6) is -0.345. The molecule has 2 N–H and O–H groups in total. The Morgan fingerprint density at radius 2 is 1.82 bits per heavy atom. The van der Waals surface area contributed by atoms with Gasteiger partial charge in [0, 0.05) is 36.6 Å². The van der Waals surface area contributed by atoms with E-state index in [4.69, 9.17) is 0 Å². The van der Waals surface area contributed by atoms with E-state index in [1.54, 1.807) is 36.1 Å². The number of carbonyl (C=O) groups is 2. The summed E-state index contributed by atoms with van der Waals surface area (Å²) in [7, 11) is -3.85. The second-order valence-corrected chi connectivity index (χ2v) is 10.3. The van der Waals surface area contributed by atoms with E-state index in [2.05, 4.69) is 20.0 Å². The molecule has 1 aliphatic rings. The number of carbonyl (C=O) groups excluding carboxylic acids is 2. The van der Waals surface area contributed by atoms with Crippen molar-refractivity contribution in [1.82, 2.24) is 14.9 Å². The summed E-state index contributed by atoms with van der Waals surface area (Å²) in [5, 5.41) is 4.71. The third-order valence-electron chi connectivity index (χ3n) is 5.34. The van der Waals surface area contributed by atoms with E-state index >= 15 is 0 Å². The number of hydrogen-bond acceptors (Lipinski definition) is 7. The van der Waals surface area contributed by atoms with Crippen molar-refractivity contribution in [3.05, 3.63) is 64.6 Å². The third kappa shape index (κ3) is 5.55. The van der Waals surface area contributed by atoms with Gasteiger partial charge < -0.3 is 10.2 Å². The monoisotopic (exact) mass is 485 g/mol. The number of benzene rings is 1. The zero-order valence-electron chi connectivity index (χ0n) is 17.9. The zero-order valence-corrected chi connectivity index (χ0v) is 19.5. The highest BCUT2D eigenvalue weighted by molar-refractivity contribution is 7.92. The first-order valence-electron chi connectivity index (χ1n) is 10.4. The van der Waals surface area contributed by atoms with Crippen molar-refractivity contribution in [2.24, 2.45) is 5.92 Å². The number of anilines is 2. The Labute approximate surface area is 195 Å². The Morgan fingerprint density at radius 3 is 2.45 bits per heavy atom. The van der Waals surface area contributed by atoms with Crippen molar-refractivity contribution >= 4 is 44.8 Å². The van der Waals surface area contributed by atoms with Gasteiger partial charge in [-0.25, -0.2) is 23.1 Å². The number of piperidine rings is 1. The van der Waals surface area contributed by atoms with Crippen LogP contribution in [0.3, 0.4) is 0 Å². The van der Waals surface area contributed by atoms with Crippen LogP contribution >= 0.6 is 11.3 Å². The van der Waals surface area contributed by atoms with Crippen LogP contribution in [0.2, 0.25) is 0 Å². The van der Waals surface area contributed by atoms with Crippen molar-refractivity contribution in [2.75, 3.05) is 23.1 Å². The molecule has 1 aromatic carbocycles. The van der Waals surface area contributed by atoms with Gasteiger partial charge in [0.05, 0.1) is 9.77 Å². The minimum atomic E-state index is -3.85. The van der Waals surface area contributed by atoms with Crippen LogP contribution in [0.25, 0.3) is 0 Å². The second kappa shape index (κ2) is 9.67. The molecule has 1 aliphatic heterocycles. The summed E-state index contributed by atoms with van der Waals surface area (Å²) in [6, 6.07) is 11.2. The smallest absolute Gasteiger partial charge is 0.264 e. The first kappa shape index (κ1) is 22.9. The normalized spacial score (nSPS) is 14.6. The average Bonchev–Trinajstić information content (AvgIpc) is 3.34. The highest BCUT2D eigenvalue weighted by atomic mass is 32.2. The molecular weight excluding hydrogens is 462 g/mol. The molecule has 0 spiro atoms. The van der Waals surface area contributed by atoms with E-state index in [1.165, 1.54) is 29.7 Å². The third-order valence-corrected chi connectivity index (χ3v) is 7.54. The Hall–Kier alpha value is -3.31. The van der Waals surface area contributed by atoms with Gasteiger partial charge in [-0.05, 0) is 61.5 Å². The fourth-order valence-corrected chi connectivity index (χ4v) is 5.18. The van der Waals surface area contributed by atoms with Crippen LogP contribution in [0.15, 0.2) is 58.9 Å². The van der Waals surface area contributed by atoms with Crippen molar-refractivity contribution in [3.63, 3.8) is 0 Å². The Bertz CT molecular complexity index is 1240. The molecule has 3 heterocycles. The van der Waals surface area contributed by atoms with E-state index in [1.807, 2.05) is 11.4 Å². The Balaban J connectivity index is 1.32. The van der Waals surface area contributed by atoms with E-state index in [-0.39, 0.29) is 28.6 Å². The highest BCUT2D eigenvalue weighted by Gasteiger charge is 2.28. The SMILES string of the molecule is Cc1ccnc(NS(=O)(=O)c2ccc(NC(=O)C3CCN(C(=O)c4cccs4)CC3)cc2)n1. The Kier molecular flexibility index (Phi) is 6.70. The second-order valence-electron chi connectivity index (χ2n) is 7.68. The summed E-state index contributed by atoms with van der Waals surface area (Å²) < 4.78 is 27.5. The number of likely N-dealkylation sites (tertiary alicyclic amines) is 1. The van der Waals surface area contributed by atoms with Gasteiger partial charge in [0.1, 0.15) is 0 Å². The number of thiophene rings is 1. The molecule has 3 aromatic rings. The van der Waals surface area contributed by atoms with Crippen molar-refractivity contribution < 1.29 is 18.0 Å². The van der Waals surface area contributed by atoms with Crippen LogP contribution in [0, 0.1) is 12.8 Å². The minimum absolute atomic E-state index is 0.00344. The fourth-order valence-electron chi connectivity index (χ4n) is 3.54. The summed E-state index contributed by atoms with van der Waals surface area (Å²) in [5.41, 5.74) is 1.14. The maximum Gasteiger partial charge on any atom is 0.264 e.